The Balaban J connectivity index is 1.40. The van der Waals surface area contributed by atoms with E-state index in [1.807, 2.05) is 0 Å². The molecule has 0 atom stereocenters. The third-order valence-electron chi connectivity index (χ3n) is 6.51. The van der Waals surface area contributed by atoms with Crippen molar-refractivity contribution in [1.29, 1.82) is 0 Å². The van der Waals surface area contributed by atoms with Crippen LogP contribution in [-0.2, 0) is 19.6 Å². The molecule has 3 N–H and O–H groups in total. The molecule has 9 heteroatoms. The first-order valence-corrected chi connectivity index (χ1v) is 12.4. The maximum atomic E-state index is 12.5. The molecule has 2 aliphatic rings. The summed E-state index contributed by atoms with van der Waals surface area (Å²) in [5.74, 6) is 0.137. The fourth-order valence-electron chi connectivity index (χ4n) is 4.37. The fourth-order valence-corrected chi connectivity index (χ4v) is 4.94. The molecule has 1 fully saturated rings. The van der Waals surface area contributed by atoms with Crippen molar-refractivity contribution >= 4 is 34.9 Å². The van der Waals surface area contributed by atoms with Crippen LogP contribution in [-0.4, -0.2) is 40.4 Å². The number of nitrogens with two attached hydrogens (primary N) is 1. The van der Waals surface area contributed by atoms with Crippen LogP contribution in [0.5, 0.6) is 5.88 Å². The first-order valence-electron chi connectivity index (χ1n) is 11.6. The van der Waals surface area contributed by atoms with Gasteiger partial charge < -0.3 is 20.7 Å². The van der Waals surface area contributed by atoms with Crippen LogP contribution >= 0.6 is 23.2 Å². The summed E-state index contributed by atoms with van der Waals surface area (Å²) in [6, 6.07) is 7.78. The van der Waals surface area contributed by atoms with Gasteiger partial charge in [-0.3, -0.25) is 4.79 Å². The second kappa shape index (κ2) is 9.64. The number of likely N-dealkylation sites (N-methyl/N-ethyl adjacent to an activating group) is 1. The fraction of sp³-hybridized carbons (Fsp3) is 0.346. The number of benzene rings is 2. The van der Waals surface area contributed by atoms with Gasteiger partial charge in [0.25, 0.3) is 11.8 Å². The highest BCUT2D eigenvalue weighted by atomic mass is 35.5. The van der Waals surface area contributed by atoms with Crippen molar-refractivity contribution in [2.24, 2.45) is 0 Å². The van der Waals surface area contributed by atoms with Gasteiger partial charge in [0, 0.05) is 35.3 Å². The van der Waals surface area contributed by atoms with E-state index < -0.39 is 0 Å². The van der Waals surface area contributed by atoms with E-state index in [9.17, 15) is 4.79 Å². The molecule has 1 amide bonds. The highest BCUT2D eigenvalue weighted by Gasteiger charge is 2.26. The molecule has 1 saturated carbocycles. The average molecular weight is 512 g/mol. The second-order valence-electron chi connectivity index (χ2n) is 9.29. The molecule has 5 rings (SSSR count). The number of hydrogen-bond donors (Lipinski definition) is 2. The van der Waals surface area contributed by atoms with Crippen molar-refractivity contribution in [3.05, 3.63) is 68.3 Å². The Bertz CT molecular complexity index is 1310. The van der Waals surface area contributed by atoms with Crippen molar-refractivity contribution in [2.75, 3.05) is 19.3 Å². The van der Waals surface area contributed by atoms with Crippen LogP contribution in [0, 0.1) is 6.92 Å². The van der Waals surface area contributed by atoms with Crippen molar-refractivity contribution in [3.8, 4) is 17.1 Å². The van der Waals surface area contributed by atoms with Crippen LogP contribution in [0.1, 0.15) is 45.5 Å². The standard InChI is InChI=1S/C26H27Cl2N5O2/c1-14-9-15(10-16-12-33(2)8-7-18(14)16)22-11-30-24(29)26(32-22)35-13-20-21(27)6-5-19(23(20)28)25(34)31-17-3-4-17/h5-6,9-11,17H,3-4,7-8,12-13H2,1-2H3,(H2,29,30)(H,31,34). The molecule has 0 spiro atoms. The molecule has 1 aromatic heterocycles. The lowest BCUT2D eigenvalue weighted by Gasteiger charge is -2.27. The van der Waals surface area contributed by atoms with Gasteiger partial charge in [-0.05, 0) is 74.2 Å². The topological polar surface area (TPSA) is 93.4 Å². The number of halogens is 2. The number of hydrogen-bond acceptors (Lipinski definition) is 6. The largest absolute Gasteiger partial charge is 0.470 e. The lowest BCUT2D eigenvalue weighted by molar-refractivity contribution is 0.0951. The number of nitrogens with one attached hydrogen (secondary N) is 1. The van der Waals surface area contributed by atoms with Gasteiger partial charge in [-0.15, -0.1) is 0 Å². The number of anilines is 1. The van der Waals surface area contributed by atoms with Gasteiger partial charge >= 0.3 is 0 Å². The molecular weight excluding hydrogens is 485 g/mol. The zero-order valence-electron chi connectivity index (χ0n) is 19.7. The van der Waals surface area contributed by atoms with Crippen LogP contribution in [0.3, 0.4) is 0 Å². The van der Waals surface area contributed by atoms with Crippen molar-refractivity contribution in [2.45, 2.75) is 45.4 Å². The molecule has 2 aromatic carbocycles. The van der Waals surface area contributed by atoms with Crippen molar-refractivity contribution in [3.63, 3.8) is 0 Å². The number of rotatable bonds is 6. The maximum Gasteiger partial charge on any atom is 0.258 e. The summed E-state index contributed by atoms with van der Waals surface area (Å²) < 4.78 is 5.93. The van der Waals surface area contributed by atoms with Crippen LogP contribution in [0.25, 0.3) is 11.3 Å². The minimum atomic E-state index is -0.217. The van der Waals surface area contributed by atoms with Crippen LogP contribution in [0.4, 0.5) is 5.82 Å². The number of fused-ring (bicyclic) bond motifs is 1. The zero-order chi connectivity index (χ0) is 24.7. The minimum absolute atomic E-state index is 0.00143. The zero-order valence-corrected chi connectivity index (χ0v) is 21.2. The Morgan fingerprint density at radius 3 is 2.86 bits per heavy atom. The Kier molecular flexibility index (Phi) is 6.57. The van der Waals surface area contributed by atoms with Crippen LogP contribution < -0.4 is 15.8 Å². The molecule has 0 radical (unpaired) electrons. The molecule has 2 heterocycles. The first kappa shape index (κ1) is 23.9. The van der Waals surface area contributed by atoms with Gasteiger partial charge in [0.1, 0.15) is 6.61 Å². The lowest BCUT2D eigenvalue weighted by Crippen LogP contribution is -2.27. The summed E-state index contributed by atoms with van der Waals surface area (Å²) in [6.45, 7) is 4.09. The van der Waals surface area contributed by atoms with E-state index in [0.29, 0.717) is 21.8 Å². The van der Waals surface area contributed by atoms with Crippen LogP contribution in [0.2, 0.25) is 10.0 Å². The quantitative estimate of drug-likeness (QED) is 0.493. The maximum absolute atomic E-state index is 12.5. The highest BCUT2D eigenvalue weighted by molar-refractivity contribution is 6.38. The number of nitrogen functional groups attached to an aromatic ring is 1. The van der Waals surface area contributed by atoms with Crippen molar-refractivity contribution in [1.82, 2.24) is 20.2 Å². The molecule has 182 valence electrons. The Labute approximate surface area is 214 Å². The molecule has 3 aromatic rings. The van der Waals surface area contributed by atoms with Crippen molar-refractivity contribution < 1.29 is 9.53 Å². The SMILES string of the molecule is Cc1cc(-c2cnc(N)c(OCc3c(Cl)ccc(C(=O)NC4CC4)c3Cl)n2)cc2c1CCN(C)C2. The van der Waals surface area contributed by atoms with E-state index in [4.69, 9.17) is 33.7 Å². The van der Waals surface area contributed by atoms with Crippen LogP contribution in [0.15, 0.2) is 30.5 Å². The summed E-state index contributed by atoms with van der Waals surface area (Å²) in [6.07, 6.45) is 4.67. The smallest absolute Gasteiger partial charge is 0.258 e. The first-order chi connectivity index (χ1) is 16.8. The third-order valence-corrected chi connectivity index (χ3v) is 7.29. The monoisotopic (exact) mass is 511 g/mol. The lowest BCUT2D eigenvalue weighted by atomic mass is 9.92. The number of amides is 1. The Hall–Kier alpha value is -2.87. The predicted molar refractivity (Wildman–Crippen MR) is 138 cm³/mol. The summed E-state index contributed by atoms with van der Waals surface area (Å²) in [4.78, 5) is 23.8. The Morgan fingerprint density at radius 1 is 1.29 bits per heavy atom. The summed E-state index contributed by atoms with van der Waals surface area (Å²) in [5, 5.41) is 3.60. The highest BCUT2D eigenvalue weighted by Crippen LogP contribution is 2.32. The minimum Gasteiger partial charge on any atom is -0.470 e. The molecule has 0 saturated heterocycles. The number of ether oxygens (including phenoxy) is 1. The summed E-state index contributed by atoms with van der Waals surface area (Å²) >= 11 is 12.9. The number of aromatic nitrogens is 2. The normalized spacial score (nSPS) is 15.5. The molecule has 0 bridgehead atoms. The predicted octanol–water partition coefficient (Wildman–Crippen LogP) is 4.80. The molecule has 1 aliphatic heterocycles. The molecular formula is C26H27Cl2N5O2. The van der Waals surface area contributed by atoms with E-state index >= 15 is 0 Å². The number of carbonyl (C=O) groups excluding carboxylic acids is 1. The van der Waals surface area contributed by atoms with E-state index in [-0.39, 0.29) is 35.3 Å². The van der Waals surface area contributed by atoms with E-state index in [1.165, 1.54) is 16.7 Å². The van der Waals surface area contributed by atoms with Gasteiger partial charge in [0.05, 0.1) is 22.5 Å². The molecule has 7 nitrogen and oxygen atoms in total. The summed E-state index contributed by atoms with van der Waals surface area (Å²) in [7, 11) is 2.13. The molecule has 1 aliphatic carbocycles. The van der Waals surface area contributed by atoms with E-state index in [2.05, 4.69) is 46.3 Å². The van der Waals surface area contributed by atoms with Gasteiger partial charge in [-0.25, -0.2) is 9.97 Å². The van der Waals surface area contributed by atoms with E-state index in [1.54, 1.807) is 18.3 Å². The van der Waals surface area contributed by atoms with Gasteiger partial charge in [0.15, 0.2) is 5.82 Å². The average Bonchev–Trinajstić information content (AvgIpc) is 3.63. The number of carbonyl (C=O) groups is 1. The van der Waals surface area contributed by atoms with E-state index in [0.717, 1.165) is 37.9 Å². The molecule has 35 heavy (non-hydrogen) atoms. The number of aryl methyl sites for hydroxylation is 1. The van der Waals surface area contributed by atoms with Gasteiger partial charge in [0.2, 0.25) is 0 Å². The second-order valence-corrected chi connectivity index (χ2v) is 10.1. The van der Waals surface area contributed by atoms with Gasteiger partial charge in [-0.1, -0.05) is 23.2 Å². The Morgan fingerprint density at radius 2 is 2.09 bits per heavy atom. The van der Waals surface area contributed by atoms with Gasteiger partial charge in [-0.2, -0.15) is 0 Å². The third kappa shape index (κ3) is 5.08. The summed E-state index contributed by atoms with van der Waals surface area (Å²) in [5.41, 5.74) is 12.5. The number of nitrogens with zero attached hydrogens (tertiary/aromatic N) is 3. The molecule has 0 unspecified atom stereocenters.